The van der Waals surface area contributed by atoms with Gasteiger partial charge in [0.1, 0.15) is 35.5 Å². The maximum atomic E-state index is 14.8. The van der Waals surface area contributed by atoms with Crippen LogP contribution in [0.15, 0.2) is 67.0 Å². The van der Waals surface area contributed by atoms with Crippen LogP contribution >= 0.6 is 0 Å². The van der Waals surface area contributed by atoms with Crippen LogP contribution in [-0.4, -0.2) is 98.8 Å². The molecule has 3 aromatic carbocycles. The highest BCUT2D eigenvalue weighted by Crippen LogP contribution is 2.56. The molecule has 0 spiro atoms. The van der Waals surface area contributed by atoms with Crippen molar-refractivity contribution in [3.05, 3.63) is 101 Å². The largest absolute Gasteiger partial charge is 0.495 e. The zero-order valence-corrected chi connectivity index (χ0v) is 41.2. The molecule has 16 heteroatoms. The van der Waals surface area contributed by atoms with Crippen LogP contribution in [0.25, 0.3) is 11.1 Å². The van der Waals surface area contributed by atoms with Gasteiger partial charge in [-0.1, -0.05) is 27.7 Å². The van der Waals surface area contributed by atoms with Gasteiger partial charge in [-0.25, -0.2) is 8.78 Å². The first-order chi connectivity index (χ1) is 33.5. The molecule has 2 saturated carbocycles. The molecule has 0 atom stereocenters. The van der Waals surface area contributed by atoms with E-state index in [0.29, 0.717) is 65.8 Å². The Labute approximate surface area is 408 Å². The molecular weight excluding hydrogens is 893 g/mol. The third kappa shape index (κ3) is 8.53. The number of nitrogens with one attached hydrogen (secondary N) is 1. The number of fused-ring (bicyclic) bond motifs is 2. The van der Waals surface area contributed by atoms with Gasteiger partial charge in [-0.15, -0.1) is 0 Å². The first-order valence-electron chi connectivity index (χ1n) is 24.7. The minimum absolute atomic E-state index is 0.0173. The van der Waals surface area contributed by atoms with Gasteiger partial charge in [-0.05, 0) is 85.3 Å². The third-order valence-electron chi connectivity index (χ3n) is 15.9. The SMILES string of the molecule is COc1cc(OC2C(C)(C)C(NC(=O)c3ccc(OC4CC(N5CCC(n6nc(N7CCCc8cc(-c9cnn(C)c9)c(C(F)F)cc87)c7c6CCN(C(C)=O)C7)CC5)C4)cc3)C2(C)C)ccc1C#N. The Kier molecular flexibility index (Phi) is 12.4. The van der Waals surface area contributed by atoms with Gasteiger partial charge in [0.15, 0.2) is 5.82 Å². The maximum absolute atomic E-state index is 14.8. The minimum atomic E-state index is -2.66. The number of alkyl halides is 2. The maximum Gasteiger partial charge on any atom is 0.264 e. The number of carbonyl (C=O) groups excluding carboxylic acids is 2. The molecule has 3 fully saturated rings. The van der Waals surface area contributed by atoms with E-state index in [1.165, 1.54) is 7.11 Å². The summed E-state index contributed by atoms with van der Waals surface area (Å²) in [6.45, 7) is 13.6. The number of hydrogen-bond acceptors (Lipinski definition) is 10. The van der Waals surface area contributed by atoms with E-state index in [2.05, 4.69) is 58.7 Å². The fourth-order valence-electron chi connectivity index (χ4n) is 12.4. The number of benzene rings is 3. The van der Waals surface area contributed by atoms with Crippen molar-refractivity contribution in [3.63, 3.8) is 0 Å². The van der Waals surface area contributed by atoms with Crippen LogP contribution < -0.4 is 24.4 Å². The smallest absolute Gasteiger partial charge is 0.264 e. The molecule has 14 nitrogen and oxygen atoms in total. The Hall–Kier alpha value is -6.47. The highest BCUT2D eigenvalue weighted by atomic mass is 19.3. The monoisotopic (exact) mass is 955 g/mol. The van der Waals surface area contributed by atoms with Gasteiger partial charge < -0.3 is 29.3 Å². The van der Waals surface area contributed by atoms with E-state index in [4.69, 9.17) is 19.3 Å². The molecular formula is C54H63F2N9O5. The number of nitrogens with zero attached hydrogens (tertiary/aromatic N) is 8. The number of anilines is 2. The summed E-state index contributed by atoms with van der Waals surface area (Å²) in [5.41, 5.74) is 5.37. The molecule has 0 unspecified atom stereocenters. The number of piperidine rings is 1. The molecule has 0 radical (unpaired) electrons. The lowest BCUT2D eigenvalue weighted by Gasteiger charge is -2.63. The number of nitriles is 1. The fraction of sp³-hybridized carbons (Fsp3) is 0.500. The first kappa shape index (κ1) is 47.2. The van der Waals surface area contributed by atoms with Crippen LogP contribution in [0.2, 0.25) is 0 Å². The van der Waals surface area contributed by atoms with E-state index in [1.54, 1.807) is 55.3 Å². The Morgan fingerprint density at radius 3 is 2.30 bits per heavy atom. The first-order valence-corrected chi connectivity index (χ1v) is 24.7. The molecule has 10 rings (SSSR count). The normalized spacial score (nSPS) is 22.8. The Morgan fingerprint density at radius 1 is 0.914 bits per heavy atom. The molecule has 5 aliphatic rings. The summed E-state index contributed by atoms with van der Waals surface area (Å²) < 4.78 is 51.6. The third-order valence-corrected chi connectivity index (χ3v) is 15.9. The summed E-state index contributed by atoms with van der Waals surface area (Å²) in [7, 11) is 3.32. The summed E-state index contributed by atoms with van der Waals surface area (Å²) in [5.74, 6) is 2.46. The van der Waals surface area contributed by atoms with Gasteiger partial charge in [-0.2, -0.15) is 15.5 Å². The van der Waals surface area contributed by atoms with Crippen molar-refractivity contribution in [2.75, 3.05) is 38.2 Å². The van der Waals surface area contributed by atoms with Gasteiger partial charge in [0.25, 0.3) is 12.3 Å². The number of aromatic nitrogens is 4. The number of rotatable bonds is 12. The lowest BCUT2D eigenvalue weighted by Crippen LogP contribution is -2.74. The van der Waals surface area contributed by atoms with Crippen LogP contribution in [0.4, 0.5) is 20.3 Å². The van der Waals surface area contributed by atoms with Crippen LogP contribution in [-0.2, 0) is 31.2 Å². The van der Waals surface area contributed by atoms with E-state index in [9.17, 15) is 23.6 Å². The van der Waals surface area contributed by atoms with Gasteiger partial charge >= 0.3 is 0 Å². The van der Waals surface area contributed by atoms with Gasteiger partial charge in [0.2, 0.25) is 5.91 Å². The Morgan fingerprint density at radius 2 is 1.64 bits per heavy atom. The summed E-state index contributed by atoms with van der Waals surface area (Å²) in [5, 5.41) is 22.3. The van der Waals surface area contributed by atoms with Crippen molar-refractivity contribution < 1.29 is 32.6 Å². The van der Waals surface area contributed by atoms with Crippen LogP contribution in [0.5, 0.6) is 17.2 Å². The highest BCUT2D eigenvalue weighted by molar-refractivity contribution is 5.94. The summed E-state index contributed by atoms with van der Waals surface area (Å²) in [6, 6.07) is 18.8. The molecule has 2 amide bonds. The molecule has 5 aromatic rings. The standard InChI is InChI=1S/C54H63F2N9O5/c1-32(66)63-22-18-45-44(31-63)49(64-19-8-9-34-23-42(36-29-58-61(6)30-36)43(48(55)56)27-46(34)64)60-65(45)37-16-20-62(21-17-37)38-24-41(25-38)69-39-13-10-33(11-14-39)50(67)59-51-53(2,3)52(54(51,4)5)70-40-15-12-35(28-57)47(26-40)68-7/h10-15,23,26-27,29-30,37-38,41,48,51-52H,8-9,16-22,24-25,31H2,1-7H3,(H,59,67). The average molecular weight is 956 g/mol. The van der Waals surface area contributed by atoms with Gasteiger partial charge in [0.05, 0.1) is 31.5 Å². The van der Waals surface area contributed by atoms with Crippen LogP contribution in [0.3, 0.4) is 0 Å². The second-order valence-electron chi connectivity index (χ2n) is 21.1. The summed E-state index contributed by atoms with van der Waals surface area (Å²) in [6.07, 6.45) is 6.71. The lowest BCUT2D eigenvalue weighted by molar-refractivity contribution is -0.164. The zero-order chi connectivity index (χ0) is 49.2. The highest BCUT2D eigenvalue weighted by Gasteiger charge is 2.64. The molecule has 1 N–H and O–H groups in total. The molecule has 3 aliphatic heterocycles. The lowest BCUT2D eigenvalue weighted by atomic mass is 9.49. The predicted octanol–water partition coefficient (Wildman–Crippen LogP) is 8.95. The topological polar surface area (TPSA) is 143 Å². The number of methoxy groups -OCH3 is 1. The molecule has 5 heterocycles. The van der Waals surface area contributed by atoms with Crippen molar-refractivity contribution in [3.8, 4) is 34.4 Å². The van der Waals surface area contributed by atoms with Gasteiger partial charge in [0, 0.05) is 128 Å². The predicted molar refractivity (Wildman–Crippen MR) is 261 cm³/mol. The molecule has 2 aromatic heterocycles. The van der Waals surface area contributed by atoms with E-state index in [1.807, 2.05) is 35.2 Å². The Balaban J connectivity index is 0.751. The number of ether oxygens (including phenoxy) is 3. The van der Waals surface area contributed by atoms with E-state index < -0.39 is 6.43 Å². The number of halogens is 2. The average Bonchev–Trinajstić information content (AvgIpc) is 3.96. The van der Waals surface area contributed by atoms with Crippen molar-refractivity contribution >= 4 is 23.3 Å². The summed E-state index contributed by atoms with van der Waals surface area (Å²) in [4.78, 5) is 32.9. The molecule has 2 aliphatic carbocycles. The van der Waals surface area contributed by atoms with Crippen molar-refractivity contribution in [1.29, 1.82) is 5.26 Å². The van der Waals surface area contributed by atoms with E-state index in [-0.39, 0.29) is 52.5 Å². The quantitative estimate of drug-likeness (QED) is 0.129. The number of carbonyl (C=O) groups is 2. The zero-order valence-electron chi connectivity index (χ0n) is 41.2. The van der Waals surface area contributed by atoms with Crippen molar-refractivity contribution in [2.24, 2.45) is 17.9 Å². The van der Waals surface area contributed by atoms with E-state index >= 15 is 0 Å². The van der Waals surface area contributed by atoms with Gasteiger partial charge in [-0.3, -0.25) is 23.9 Å². The Bertz CT molecular complexity index is 2820. The van der Waals surface area contributed by atoms with E-state index in [0.717, 1.165) is 85.7 Å². The fourth-order valence-corrected chi connectivity index (χ4v) is 12.4. The minimum Gasteiger partial charge on any atom is -0.495 e. The second kappa shape index (κ2) is 18.4. The van der Waals surface area contributed by atoms with Crippen LogP contribution in [0, 0.1) is 22.2 Å². The second-order valence-corrected chi connectivity index (χ2v) is 21.1. The molecule has 1 saturated heterocycles. The summed E-state index contributed by atoms with van der Waals surface area (Å²) >= 11 is 0. The van der Waals surface area contributed by atoms with Crippen molar-refractivity contribution in [2.45, 2.75) is 123 Å². The number of hydrogen-bond donors (Lipinski definition) is 1. The molecule has 368 valence electrons. The molecule has 0 bridgehead atoms. The number of likely N-dealkylation sites (tertiary alicyclic amines) is 1. The van der Waals surface area contributed by atoms with Crippen molar-refractivity contribution in [1.82, 2.24) is 34.7 Å². The number of aryl methyl sites for hydroxylation is 2. The number of amides is 2. The molecule has 70 heavy (non-hydrogen) atoms. The van der Waals surface area contributed by atoms with Crippen LogP contribution in [0.1, 0.15) is 117 Å².